The van der Waals surface area contributed by atoms with Gasteiger partial charge in [0.1, 0.15) is 5.82 Å². The van der Waals surface area contributed by atoms with Crippen LogP contribution >= 0.6 is 0 Å². The van der Waals surface area contributed by atoms with Crippen LogP contribution in [0.1, 0.15) is 51.1 Å². The normalized spacial score (nSPS) is 10.5. The molecule has 0 aliphatic carbocycles. The molecular weight excluding hydrogens is 210 g/mol. The van der Waals surface area contributed by atoms with Crippen LogP contribution in [-0.2, 0) is 0 Å². The molecule has 1 rings (SSSR count). The highest BCUT2D eigenvalue weighted by molar-refractivity contribution is 5.48. The molecule has 0 radical (unpaired) electrons. The van der Waals surface area contributed by atoms with E-state index >= 15 is 0 Å². The lowest BCUT2D eigenvalue weighted by Crippen LogP contribution is -2.04. The van der Waals surface area contributed by atoms with Crippen molar-refractivity contribution in [1.82, 2.24) is 4.98 Å². The van der Waals surface area contributed by atoms with Crippen molar-refractivity contribution < 1.29 is 0 Å². The predicted molar refractivity (Wildman–Crippen MR) is 75.3 cm³/mol. The lowest BCUT2D eigenvalue weighted by atomic mass is 10.1. The van der Waals surface area contributed by atoms with E-state index < -0.39 is 0 Å². The SMILES string of the molecule is CCCCCCCCNc1ccc(N)c(C)n1. The smallest absolute Gasteiger partial charge is 0.126 e. The Hall–Kier alpha value is -1.25. The van der Waals surface area contributed by atoms with E-state index in [0.717, 1.165) is 23.7 Å². The Kier molecular flexibility index (Phi) is 6.45. The summed E-state index contributed by atoms with van der Waals surface area (Å²) in [6.07, 6.45) is 7.92. The number of nitrogen functional groups attached to an aromatic ring is 1. The number of aryl methyl sites for hydroxylation is 1. The van der Waals surface area contributed by atoms with E-state index in [4.69, 9.17) is 5.73 Å². The first-order valence-corrected chi connectivity index (χ1v) is 6.71. The minimum Gasteiger partial charge on any atom is -0.397 e. The van der Waals surface area contributed by atoms with Crippen molar-refractivity contribution in [3.63, 3.8) is 0 Å². The Morgan fingerprint density at radius 1 is 1.12 bits per heavy atom. The van der Waals surface area contributed by atoms with Gasteiger partial charge in [-0.3, -0.25) is 0 Å². The molecule has 0 bridgehead atoms. The zero-order chi connectivity index (χ0) is 12.5. The van der Waals surface area contributed by atoms with Gasteiger partial charge in [-0.25, -0.2) is 4.98 Å². The van der Waals surface area contributed by atoms with Gasteiger partial charge in [-0.05, 0) is 25.5 Å². The summed E-state index contributed by atoms with van der Waals surface area (Å²) in [5.41, 5.74) is 7.38. The molecule has 0 atom stereocenters. The molecule has 96 valence electrons. The highest BCUT2D eigenvalue weighted by atomic mass is 15.0. The highest BCUT2D eigenvalue weighted by Gasteiger charge is 1.97. The maximum Gasteiger partial charge on any atom is 0.126 e. The number of anilines is 2. The second-order valence-electron chi connectivity index (χ2n) is 4.57. The van der Waals surface area contributed by atoms with E-state index in [2.05, 4.69) is 17.2 Å². The molecule has 0 aliphatic rings. The van der Waals surface area contributed by atoms with Crippen LogP contribution in [-0.4, -0.2) is 11.5 Å². The van der Waals surface area contributed by atoms with Crippen LogP contribution in [0.5, 0.6) is 0 Å². The van der Waals surface area contributed by atoms with Crippen molar-refractivity contribution in [2.45, 2.75) is 52.4 Å². The van der Waals surface area contributed by atoms with E-state index in [0.29, 0.717) is 0 Å². The Morgan fingerprint density at radius 3 is 2.53 bits per heavy atom. The molecule has 0 spiro atoms. The van der Waals surface area contributed by atoms with E-state index in [9.17, 15) is 0 Å². The fourth-order valence-corrected chi connectivity index (χ4v) is 1.79. The third-order valence-electron chi connectivity index (χ3n) is 2.96. The molecule has 0 saturated carbocycles. The van der Waals surface area contributed by atoms with Crippen molar-refractivity contribution in [3.8, 4) is 0 Å². The van der Waals surface area contributed by atoms with Crippen LogP contribution in [0.3, 0.4) is 0 Å². The van der Waals surface area contributed by atoms with Gasteiger partial charge in [-0.15, -0.1) is 0 Å². The average molecular weight is 235 g/mol. The van der Waals surface area contributed by atoms with Gasteiger partial charge in [0, 0.05) is 6.54 Å². The Balaban J connectivity index is 2.11. The molecule has 1 heterocycles. The third-order valence-corrected chi connectivity index (χ3v) is 2.96. The van der Waals surface area contributed by atoms with Gasteiger partial charge in [-0.2, -0.15) is 0 Å². The molecule has 3 heteroatoms. The summed E-state index contributed by atoms with van der Waals surface area (Å²) in [5, 5.41) is 3.34. The molecule has 0 aromatic carbocycles. The molecule has 1 aromatic heterocycles. The predicted octanol–water partition coefficient (Wildman–Crippen LogP) is 3.74. The zero-order valence-electron chi connectivity index (χ0n) is 11.1. The largest absolute Gasteiger partial charge is 0.397 e. The van der Waals surface area contributed by atoms with E-state index in [1.165, 1.54) is 38.5 Å². The van der Waals surface area contributed by atoms with Gasteiger partial charge < -0.3 is 11.1 Å². The first-order valence-electron chi connectivity index (χ1n) is 6.71. The van der Waals surface area contributed by atoms with Crippen LogP contribution in [0.2, 0.25) is 0 Å². The topological polar surface area (TPSA) is 50.9 Å². The quantitative estimate of drug-likeness (QED) is 0.675. The van der Waals surface area contributed by atoms with Gasteiger partial charge in [-0.1, -0.05) is 39.0 Å². The summed E-state index contributed by atoms with van der Waals surface area (Å²) < 4.78 is 0. The van der Waals surface area contributed by atoms with Crippen LogP contribution in [0, 0.1) is 6.92 Å². The van der Waals surface area contributed by atoms with Gasteiger partial charge in [0.2, 0.25) is 0 Å². The van der Waals surface area contributed by atoms with Crippen LogP contribution in [0.4, 0.5) is 11.5 Å². The fourth-order valence-electron chi connectivity index (χ4n) is 1.79. The summed E-state index contributed by atoms with van der Waals surface area (Å²) in [4.78, 5) is 4.38. The van der Waals surface area contributed by atoms with E-state index in [1.807, 2.05) is 19.1 Å². The average Bonchev–Trinajstić information content (AvgIpc) is 2.32. The van der Waals surface area contributed by atoms with Crippen LogP contribution in [0.25, 0.3) is 0 Å². The summed E-state index contributed by atoms with van der Waals surface area (Å²) in [5.74, 6) is 0.935. The number of nitrogens with one attached hydrogen (secondary N) is 1. The maximum atomic E-state index is 5.72. The first kappa shape index (κ1) is 13.8. The summed E-state index contributed by atoms with van der Waals surface area (Å²) in [7, 11) is 0. The molecule has 3 N–H and O–H groups in total. The first-order chi connectivity index (χ1) is 8.24. The number of hydrogen-bond donors (Lipinski definition) is 2. The van der Waals surface area contributed by atoms with Gasteiger partial charge >= 0.3 is 0 Å². The summed E-state index contributed by atoms with van der Waals surface area (Å²) in [6.45, 7) is 5.18. The van der Waals surface area contributed by atoms with Gasteiger partial charge in [0.15, 0.2) is 0 Å². The van der Waals surface area contributed by atoms with Crippen molar-refractivity contribution in [1.29, 1.82) is 0 Å². The Morgan fingerprint density at radius 2 is 1.82 bits per heavy atom. The molecule has 17 heavy (non-hydrogen) atoms. The second kappa shape index (κ2) is 7.93. The fraction of sp³-hybridized carbons (Fsp3) is 0.643. The Labute approximate surface area is 105 Å². The molecule has 0 aliphatic heterocycles. The standard InChI is InChI=1S/C14H25N3/c1-3-4-5-6-7-8-11-16-14-10-9-13(15)12(2)17-14/h9-10H,3-8,11,15H2,1-2H3,(H,16,17). The molecular formula is C14H25N3. The van der Waals surface area contributed by atoms with E-state index in [-0.39, 0.29) is 0 Å². The number of pyridine rings is 1. The monoisotopic (exact) mass is 235 g/mol. The number of nitrogens with zero attached hydrogens (tertiary/aromatic N) is 1. The number of hydrogen-bond acceptors (Lipinski definition) is 3. The number of aromatic nitrogens is 1. The minimum atomic E-state index is 0.759. The lowest BCUT2D eigenvalue weighted by Gasteiger charge is -2.07. The number of rotatable bonds is 8. The van der Waals surface area contributed by atoms with Gasteiger partial charge in [0.05, 0.1) is 11.4 Å². The van der Waals surface area contributed by atoms with Crippen molar-refractivity contribution in [2.75, 3.05) is 17.6 Å². The molecule has 0 fully saturated rings. The van der Waals surface area contributed by atoms with Crippen LogP contribution < -0.4 is 11.1 Å². The lowest BCUT2D eigenvalue weighted by molar-refractivity contribution is 0.617. The molecule has 0 amide bonds. The molecule has 3 nitrogen and oxygen atoms in total. The van der Waals surface area contributed by atoms with Gasteiger partial charge in [0.25, 0.3) is 0 Å². The van der Waals surface area contributed by atoms with Crippen molar-refractivity contribution in [3.05, 3.63) is 17.8 Å². The summed E-state index contributed by atoms with van der Waals surface area (Å²) in [6, 6.07) is 3.85. The summed E-state index contributed by atoms with van der Waals surface area (Å²) >= 11 is 0. The van der Waals surface area contributed by atoms with Crippen molar-refractivity contribution >= 4 is 11.5 Å². The molecule has 0 unspecified atom stereocenters. The van der Waals surface area contributed by atoms with E-state index in [1.54, 1.807) is 0 Å². The number of nitrogens with two attached hydrogens (primary N) is 1. The third kappa shape index (κ3) is 5.57. The maximum absolute atomic E-state index is 5.72. The Bertz CT molecular complexity index is 323. The molecule has 1 aromatic rings. The highest BCUT2D eigenvalue weighted by Crippen LogP contribution is 2.12. The second-order valence-corrected chi connectivity index (χ2v) is 4.57. The van der Waals surface area contributed by atoms with Crippen molar-refractivity contribution in [2.24, 2.45) is 0 Å². The van der Waals surface area contributed by atoms with Crippen LogP contribution in [0.15, 0.2) is 12.1 Å². The zero-order valence-corrected chi connectivity index (χ0v) is 11.1. The molecule has 0 saturated heterocycles. The number of unbranched alkanes of at least 4 members (excludes halogenated alkanes) is 5. The minimum absolute atomic E-state index is 0.759.